The van der Waals surface area contributed by atoms with Gasteiger partial charge in [-0.2, -0.15) is 0 Å². The van der Waals surface area contributed by atoms with Gasteiger partial charge >= 0.3 is 0 Å². The molecule has 0 aliphatic carbocycles. The first-order valence-electron chi connectivity index (χ1n) is 13.6. The highest BCUT2D eigenvalue weighted by atomic mass is 16.5. The normalized spacial score (nSPS) is 18.6. The molecule has 4 unspecified atom stereocenters. The maximum Gasteiger partial charge on any atom is 0.248 e. The fourth-order valence-electron chi connectivity index (χ4n) is 5.19. The van der Waals surface area contributed by atoms with Gasteiger partial charge in [-0.1, -0.05) is 80.6 Å². The van der Waals surface area contributed by atoms with Crippen LogP contribution in [-0.4, -0.2) is 74.6 Å². The molecule has 1 fully saturated rings. The topological polar surface area (TPSA) is 153 Å². The number of ether oxygens (including phenoxy) is 1. The summed E-state index contributed by atoms with van der Waals surface area (Å²) < 4.78 is 6.59. The first-order valence-corrected chi connectivity index (χ1v) is 13.6. The molecule has 41 heavy (non-hydrogen) atoms. The number of nitrogens with zero attached hydrogens (tertiary/aromatic N) is 4. The van der Waals surface area contributed by atoms with E-state index >= 15 is 0 Å². The van der Waals surface area contributed by atoms with Crippen molar-refractivity contribution in [3.05, 3.63) is 72.1 Å². The van der Waals surface area contributed by atoms with Gasteiger partial charge in [-0.25, -0.2) is 4.68 Å². The van der Waals surface area contributed by atoms with E-state index in [1.54, 1.807) is 13.3 Å². The second-order valence-electron chi connectivity index (χ2n) is 11.5. The minimum atomic E-state index is -0.995. The summed E-state index contributed by atoms with van der Waals surface area (Å²) in [6.45, 7) is 5.89. The molecule has 0 radical (unpaired) electrons. The van der Waals surface area contributed by atoms with Crippen LogP contribution in [0.25, 0.3) is 11.1 Å². The van der Waals surface area contributed by atoms with Crippen molar-refractivity contribution in [2.45, 2.75) is 64.4 Å². The Hall–Kier alpha value is -4.09. The largest absolute Gasteiger partial charge is 0.391 e. The van der Waals surface area contributed by atoms with Gasteiger partial charge in [0.2, 0.25) is 17.7 Å². The van der Waals surface area contributed by atoms with Crippen molar-refractivity contribution in [2.24, 2.45) is 11.1 Å². The summed E-state index contributed by atoms with van der Waals surface area (Å²) in [7, 11) is 1.54. The summed E-state index contributed by atoms with van der Waals surface area (Å²) in [5.41, 5.74) is 8.55. The molecule has 2 heterocycles. The summed E-state index contributed by atoms with van der Waals surface area (Å²) in [5.74, 6) is -1.62. The molecule has 0 saturated carbocycles. The van der Waals surface area contributed by atoms with E-state index in [9.17, 15) is 19.5 Å². The molecule has 3 aromatic rings. The summed E-state index contributed by atoms with van der Waals surface area (Å²) in [6, 6.07) is 14.8. The number of aliphatic hydroxyl groups excluding tert-OH is 1. The van der Waals surface area contributed by atoms with Gasteiger partial charge in [0.1, 0.15) is 23.8 Å². The number of methoxy groups -OCH3 is 1. The molecule has 4 rings (SSSR count). The average Bonchev–Trinajstić information content (AvgIpc) is 3.55. The first-order chi connectivity index (χ1) is 19.5. The predicted molar refractivity (Wildman–Crippen MR) is 152 cm³/mol. The molecular weight excluding hydrogens is 524 g/mol. The highest BCUT2D eigenvalue weighted by Gasteiger charge is 2.45. The number of nitrogens with one attached hydrogen (secondary N) is 1. The number of β-amino-alcohol motifs (C(OH)–C–C–N with tert-alkyl or cyclic N) is 1. The van der Waals surface area contributed by atoms with E-state index in [1.165, 1.54) is 9.58 Å². The van der Waals surface area contributed by atoms with E-state index in [2.05, 4.69) is 15.6 Å². The highest BCUT2D eigenvalue weighted by Crippen LogP contribution is 2.34. The number of primary amides is 1. The van der Waals surface area contributed by atoms with Crippen LogP contribution in [0.2, 0.25) is 0 Å². The van der Waals surface area contributed by atoms with Crippen molar-refractivity contribution < 1.29 is 24.2 Å². The maximum atomic E-state index is 13.9. The molecular formula is C30H38N6O5. The molecule has 2 aromatic carbocycles. The van der Waals surface area contributed by atoms with Crippen molar-refractivity contribution in [1.29, 1.82) is 0 Å². The van der Waals surface area contributed by atoms with Gasteiger partial charge in [0, 0.05) is 26.5 Å². The van der Waals surface area contributed by atoms with Crippen molar-refractivity contribution in [3.63, 3.8) is 0 Å². The van der Waals surface area contributed by atoms with E-state index in [0.29, 0.717) is 5.69 Å². The molecule has 11 heteroatoms. The van der Waals surface area contributed by atoms with Gasteiger partial charge in [-0.05, 0) is 22.1 Å². The molecule has 1 aliphatic heterocycles. The van der Waals surface area contributed by atoms with E-state index in [-0.39, 0.29) is 31.9 Å². The SMILES string of the molecule is COCc1cn(C(C(=O)N2CC(O)CC2C(=O)NC(Cc2ccc(-c3ccccc3)cc2)C(N)=O)C(C)(C)C)nn1. The Kier molecular flexibility index (Phi) is 9.19. The van der Waals surface area contributed by atoms with Crippen molar-refractivity contribution in [2.75, 3.05) is 13.7 Å². The molecule has 1 aliphatic rings. The van der Waals surface area contributed by atoms with E-state index in [0.717, 1.165) is 16.7 Å². The van der Waals surface area contributed by atoms with Crippen molar-refractivity contribution in [1.82, 2.24) is 25.2 Å². The standard InChI is InChI=1S/C30H38N6O5/c1-30(2,3)26(36-16-22(18-41-4)33-34-36)29(40)35-17-23(37)15-25(35)28(39)32-24(27(31)38)14-19-10-12-21(13-11-19)20-8-6-5-7-9-20/h5-13,16,23-26,37H,14-15,17-18H2,1-4H3,(H2,31,38)(H,32,39). The summed E-state index contributed by atoms with van der Waals surface area (Å²) in [4.78, 5) is 41.1. The molecule has 0 spiro atoms. The van der Waals surface area contributed by atoms with Gasteiger partial charge in [0.15, 0.2) is 0 Å². The van der Waals surface area contributed by atoms with Crippen LogP contribution in [0.1, 0.15) is 44.5 Å². The van der Waals surface area contributed by atoms with E-state index in [1.807, 2.05) is 75.4 Å². The fraction of sp³-hybridized carbons (Fsp3) is 0.433. The van der Waals surface area contributed by atoms with Crippen LogP contribution in [0.4, 0.5) is 0 Å². The third-order valence-electron chi connectivity index (χ3n) is 7.19. The lowest BCUT2D eigenvalue weighted by Gasteiger charge is -2.34. The summed E-state index contributed by atoms with van der Waals surface area (Å²) in [6.07, 6.45) is 0.974. The quantitative estimate of drug-likeness (QED) is 0.341. The van der Waals surface area contributed by atoms with Crippen LogP contribution in [0.5, 0.6) is 0 Å². The van der Waals surface area contributed by atoms with Crippen LogP contribution >= 0.6 is 0 Å². The van der Waals surface area contributed by atoms with Crippen LogP contribution in [0.3, 0.4) is 0 Å². The lowest BCUT2D eigenvalue weighted by molar-refractivity contribution is -0.144. The highest BCUT2D eigenvalue weighted by molar-refractivity contribution is 5.93. The van der Waals surface area contributed by atoms with Crippen molar-refractivity contribution >= 4 is 17.7 Å². The Morgan fingerprint density at radius 2 is 1.76 bits per heavy atom. The fourth-order valence-corrected chi connectivity index (χ4v) is 5.19. The van der Waals surface area contributed by atoms with Gasteiger partial charge in [0.05, 0.1) is 18.9 Å². The number of aliphatic hydroxyl groups is 1. The Bertz CT molecular complexity index is 1350. The van der Waals surface area contributed by atoms with E-state index in [4.69, 9.17) is 10.5 Å². The number of carbonyl (C=O) groups excluding carboxylic acids is 3. The van der Waals surface area contributed by atoms with Crippen LogP contribution in [0, 0.1) is 5.41 Å². The number of aromatic nitrogens is 3. The zero-order chi connectivity index (χ0) is 29.7. The summed E-state index contributed by atoms with van der Waals surface area (Å²) in [5, 5.41) is 21.4. The third kappa shape index (κ3) is 7.17. The zero-order valence-electron chi connectivity index (χ0n) is 23.9. The Morgan fingerprint density at radius 1 is 1.10 bits per heavy atom. The number of nitrogens with two attached hydrogens (primary N) is 1. The van der Waals surface area contributed by atoms with Gasteiger partial charge in [-0.3, -0.25) is 14.4 Å². The van der Waals surface area contributed by atoms with Crippen molar-refractivity contribution in [3.8, 4) is 11.1 Å². The third-order valence-corrected chi connectivity index (χ3v) is 7.19. The number of rotatable bonds is 10. The molecule has 218 valence electrons. The van der Waals surface area contributed by atoms with E-state index < -0.39 is 41.5 Å². The lowest BCUT2D eigenvalue weighted by Crippen LogP contribution is -2.54. The number of carbonyl (C=O) groups is 3. The number of likely N-dealkylation sites (tertiary alicyclic amines) is 1. The Balaban J connectivity index is 1.50. The van der Waals surface area contributed by atoms with Crippen LogP contribution < -0.4 is 11.1 Å². The molecule has 11 nitrogen and oxygen atoms in total. The first kappa shape index (κ1) is 29.9. The summed E-state index contributed by atoms with van der Waals surface area (Å²) >= 11 is 0. The predicted octanol–water partition coefficient (Wildman–Crippen LogP) is 1.85. The second-order valence-corrected chi connectivity index (χ2v) is 11.5. The Labute approximate surface area is 239 Å². The number of amides is 3. The smallest absolute Gasteiger partial charge is 0.248 e. The number of hydrogen-bond donors (Lipinski definition) is 3. The lowest BCUT2D eigenvalue weighted by atomic mass is 9.85. The van der Waals surface area contributed by atoms with Gasteiger partial charge in [-0.15, -0.1) is 5.10 Å². The molecule has 0 bridgehead atoms. The second kappa shape index (κ2) is 12.6. The number of hydrogen-bond acceptors (Lipinski definition) is 7. The molecule has 1 saturated heterocycles. The monoisotopic (exact) mass is 562 g/mol. The molecule has 4 N–H and O–H groups in total. The zero-order valence-corrected chi connectivity index (χ0v) is 23.9. The molecule has 1 aromatic heterocycles. The van der Waals surface area contributed by atoms with Crippen LogP contribution in [-0.2, 0) is 32.1 Å². The molecule has 4 atom stereocenters. The maximum absolute atomic E-state index is 13.9. The average molecular weight is 563 g/mol. The van der Waals surface area contributed by atoms with Gasteiger partial charge in [0.25, 0.3) is 0 Å². The molecule has 3 amide bonds. The minimum absolute atomic E-state index is 0.0225. The Morgan fingerprint density at radius 3 is 2.37 bits per heavy atom. The number of benzene rings is 2. The van der Waals surface area contributed by atoms with Crippen LogP contribution in [0.15, 0.2) is 60.8 Å². The minimum Gasteiger partial charge on any atom is -0.391 e. The van der Waals surface area contributed by atoms with Gasteiger partial charge < -0.3 is 25.8 Å².